The van der Waals surface area contributed by atoms with Crippen molar-refractivity contribution < 1.29 is 34.1 Å². The second kappa shape index (κ2) is 13.3. The number of piperidine rings is 1. The summed E-state index contributed by atoms with van der Waals surface area (Å²) < 4.78 is 5.32. The number of carbonyl (C=O) groups is 4. The Hall–Kier alpha value is -3.24. The second-order valence-electron chi connectivity index (χ2n) is 10.0. The Morgan fingerprint density at radius 3 is 2.11 bits per heavy atom. The van der Waals surface area contributed by atoms with E-state index in [0.717, 1.165) is 43.0 Å². The topological polar surface area (TPSA) is 133 Å². The second-order valence-corrected chi connectivity index (χ2v) is 10.9. The normalized spacial score (nSPS) is 14.3. The van der Waals surface area contributed by atoms with E-state index in [-0.39, 0.29) is 17.9 Å². The van der Waals surface area contributed by atoms with Crippen LogP contribution in [0.25, 0.3) is 11.1 Å². The summed E-state index contributed by atoms with van der Waals surface area (Å²) in [4.78, 5) is 45.9. The molecule has 37 heavy (non-hydrogen) atoms. The van der Waals surface area contributed by atoms with Gasteiger partial charge in [0, 0.05) is 10.9 Å². The standard InChI is InChI=1S/C25H34N2O3S.C2H2O4/c1-6-30-24(29)22-20(18-7-9-19(10-8-18)25(3,4)5)16-31-23(22)26-21(28)15-27-13-11-17(2)12-14-27;3-1(4)2(5)6/h7-10,16-17H,6,11-15H2,1-5H3,(H,26,28);(H,3,4)(H,5,6). The van der Waals surface area contributed by atoms with Gasteiger partial charge in [0.2, 0.25) is 5.91 Å². The maximum absolute atomic E-state index is 12.8. The minimum Gasteiger partial charge on any atom is -0.473 e. The van der Waals surface area contributed by atoms with Crippen molar-refractivity contribution in [3.8, 4) is 11.1 Å². The lowest BCUT2D eigenvalue weighted by molar-refractivity contribution is -0.159. The molecule has 1 fully saturated rings. The van der Waals surface area contributed by atoms with Gasteiger partial charge in [0.05, 0.1) is 13.2 Å². The number of aliphatic carboxylic acids is 2. The zero-order chi connectivity index (χ0) is 27.8. The molecule has 0 spiro atoms. The van der Waals surface area contributed by atoms with Crippen LogP contribution < -0.4 is 5.32 Å². The predicted octanol–water partition coefficient (Wildman–Crippen LogP) is 4.72. The average Bonchev–Trinajstić information content (AvgIpc) is 3.24. The van der Waals surface area contributed by atoms with Crippen LogP contribution in [0.15, 0.2) is 29.6 Å². The molecule has 9 nitrogen and oxygen atoms in total. The van der Waals surface area contributed by atoms with E-state index in [0.29, 0.717) is 17.1 Å². The molecule has 0 bridgehead atoms. The van der Waals surface area contributed by atoms with Crippen LogP contribution in [0.3, 0.4) is 0 Å². The van der Waals surface area contributed by atoms with Crippen molar-refractivity contribution in [1.29, 1.82) is 0 Å². The number of benzene rings is 1. The quantitative estimate of drug-likeness (QED) is 0.360. The highest BCUT2D eigenvalue weighted by molar-refractivity contribution is 7.15. The molecule has 0 radical (unpaired) electrons. The third-order valence-electron chi connectivity index (χ3n) is 6.01. The minimum absolute atomic E-state index is 0.0581. The van der Waals surface area contributed by atoms with Crippen LogP contribution in [-0.4, -0.2) is 65.2 Å². The number of rotatable bonds is 6. The number of anilines is 1. The number of carboxylic acids is 2. The summed E-state index contributed by atoms with van der Waals surface area (Å²) in [6.45, 7) is 13.1. The van der Waals surface area contributed by atoms with Gasteiger partial charge in [-0.25, -0.2) is 14.4 Å². The molecular formula is C27H36N2O7S. The van der Waals surface area contributed by atoms with Gasteiger partial charge in [0.15, 0.2) is 0 Å². The van der Waals surface area contributed by atoms with E-state index in [1.165, 1.54) is 16.9 Å². The third-order valence-corrected chi connectivity index (χ3v) is 6.91. The minimum atomic E-state index is -1.82. The Kier molecular flexibility index (Phi) is 10.8. The third kappa shape index (κ3) is 8.98. The van der Waals surface area contributed by atoms with Crippen molar-refractivity contribution in [1.82, 2.24) is 4.90 Å². The molecule has 0 atom stereocenters. The van der Waals surface area contributed by atoms with Crippen LogP contribution in [0.4, 0.5) is 5.00 Å². The lowest BCUT2D eigenvalue weighted by Crippen LogP contribution is -2.38. The summed E-state index contributed by atoms with van der Waals surface area (Å²) >= 11 is 1.37. The molecule has 3 N–H and O–H groups in total. The number of carbonyl (C=O) groups excluding carboxylic acids is 2. The number of thiophene rings is 1. The van der Waals surface area contributed by atoms with E-state index in [9.17, 15) is 9.59 Å². The number of hydrogen-bond donors (Lipinski definition) is 3. The molecular weight excluding hydrogens is 496 g/mol. The molecule has 1 saturated heterocycles. The fourth-order valence-electron chi connectivity index (χ4n) is 3.81. The Bertz CT molecular complexity index is 1080. The maximum atomic E-state index is 12.8. The van der Waals surface area contributed by atoms with E-state index in [1.54, 1.807) is 6.92 Å². The van der Waals surface area contributed by atoms with Crippen molar-refractivity contribution in [3.05, 3.63) is 40.8 Å². The van der Waals surface area contributed by atoms with Gasteiger partial charge in [-0.05, 0) is 55.3 Å². The molecule has 2 heterocycles. The summed E-state index contributed by atoms with van der Waals surface area (Å²) in [5.41, 5.74) is 3.47. The van der Waals surface area contributed by atoms with Crippen LogP contribution in [0.2, 0.25) is 0 Å². The molecule has 1 aliphatic heterocycles. The lowest BCUT2D eigenvalue weighted by atomic mass is 9.86. The Morgan fingerprint density at radius 2 is 1.62 bits per heavy atom. The average molecular weight is 533 g/mol. The van der Waals surface area contributed by atoms with Crippen molar-refractivity contribution >= 4 is 40.2 Å². The van der Waals surface area contributed by atoms with Crippen LogP contribution in [0, 0.1) is 5.92 Å². The first kappa shape index (κ1) is 30.0. The summed E-state index contributed by atoms with van der Waals surface area (Å²) in [6, 6.07) is 8.26. The van der Waals surface area contributed by atoms with Gasteiger partial charge in [-0.1, -0.05) is 52.0 Å². The summed E-state index contributed by atoms with van der Waals surface area (Å²) in [5.74, 6) is -3.42. The van der Waals surface area contributed by atoms with Gasteiger partial charge in [-0.15, -0.1) is 11.3 Å². The number of nitrogens with zero attached hydrogens (tertiary/aromatic N) is 1. The fraction of sp³-hybridized carbons (Fsp3) is 0.481. The molecule has 0 aliphatic carbocycles. The number of nitrogens with one attached hydrogen (secondary N) is 1. The first-order valence-electron chi connectivity index (χ1n) is 12.2. The first-order chi connectivity index (χ1) is 17.3. The number of carboxylic acid groups (broad SMARTS) is 2. The maximum Gasteiger partial charge on any atom is 0.414 e. The van der Waals surface area contributed by atoms with Crippen LogP contribution in [-0.2, 0) is 24.5 Å². The fourth-order valence-corrected chi connectivity index (χ4v) is 4.78. The number of esters is 1. The predicted molar refractivity (Wildman–Crippen MR) is 143 cm³/mol. The molecule has 10 heteroatoms. The smallest absolute Gasteiger partial charge is 0.414 e. The van der Waals surface area contributed by atoms with E-state index in [1.807, 2.05) is 17.5 Å². The van der Waals surface area contributed by atoms with Crippen molar-refractivity contribution in [2.24, 2.45) is 5.92 Å². The largest absolute Gasteiger partial charge is 0.473 e. The SMILES string of the molecule is CCOC(=O)c1c(-c2ccc(C(C)(C)C)cc2)csc1NC(=O)CN1CCC(C)CC1.O=C(O)C(=O)O. The van der Waals surface area contributed by atoms with Crippen LogP contribution in [0.1, 0.15) is 63.4 Å². The monoisotopic (exact) mass is 532 g/mol. The molecule has 1 aromatic heterocycles. The molecule has 2 aromatic rings. The Labute approximate surface area is 221 Å². The van der Waals surface area contributed by atoms with Crippen molar-refractivity contribution in [2.75, 3.05) is 31.6 Å². The Balaban J connectivity index is 0.000000717. The zero-order valence-electron chi connectivity index (χ0n) is 22.0. The highest BCUT2D eigenvalue weighted by atomic mass is 32.1. The molecule has 0 saturated carbocycles. The van der Waals surface area contributed by atoms with E-state index >= 15 is 0 Å². The van der Waals surface area contributed by atoms with E-state index < -0.39 is 17.9 Å². The summed E-state index contributed by atoms with van der Waals surface area (Å²) in [6.07, 6.45) is 2.24. The van der Waals surface area contributed by atoms with Gasteiger partial charge < -0.3 is 20.3 Å². The van der Waals surface area contributed by atoms with Gasteiger partial charge >= 0.3 is 17.9 Å². The molecule has 3 rings (SSSR count). The highest BCUT2D eigenvalue weighted by Gasteiger charge is 2.24. The first-order valence-corrected chi connectivity index (χ1v) is 13.1. The molecule has 0 unspecified atom stereocenters. The lowest BCUT2D eigenvalue weighted by Gasteiger charge is -2.29. The van der Waals surface area contributed by atoms with Gasteiger partial charge in [-0.3, -0.25) is 9.69 Å². The molecule has 1 aromatic carbocycles. The number of amides is 1. The van der Waals surface area contributed by atoms with Crippen molar-refractivity contribution in [2.45, 2.75) is 52.9 Å². The zero-order valence-corrected chi connectivity index (χ0v) is 22.8. The molecule has 1 aliphatic rings. The molecule has 202 valence electrons. The van der Waals surface area contributed by atoms with Crippen molar-refractivity contribution in [3.63, 3.8) is 0 Å². The highest BCUT2D eigenvalue weighted by Crippen LogP contribution is 2.37. The number of likely N-dealkylation sites (tertiary alicyclic amines) is 1. The summed E-state index contributed by atoms with van der Waals surface area (Å²) in [5, 5.41) is 20.2. The van der Waals surface area contributed by atoms with E-state index in [4.69, 9.17) is 24.5 Å². The van der Waals surface area contributed by atoms with Crippen LogP contribution in [0.5, 0.6) is 0 Å². The summed E-state index contributed by atoms with van der Waals surface area (Å²) in [7, 11) is 0. The number of ether oxygens (including phenoxy) is 1. The molecule has 1 amide bonds. The van der Waals surface area contributed by atoms with Crippen LogP contribution >= 0.6 is 11.3 Å². The van der Waals surface area contributed by atoms with Gasteiger partial charge in [0.25, 0.3) is 0 Å². The Morgan fingerprint density at radius 1 is 1.05 bits per heavy atom. The van der Waals surface area contributed by atoms with E-state index in [2.05, 4.69) is 50.0 Å². The number of hydrogen-bond acceptors (Lipinski definition) is 7. The van der Waals surface area contributed by atoms with Gasteiger partial charge in [0.1, 0.15) is 10.6 Å². The van der Waals surface area contributed by atoms with Gasteiger partial charge in [-0.2, -0.15) is 0 Å².